The van der Waals surface area contributed by atoms with Gasteiger partial charge < -0.3 is 25.1 Å². The molecule has 0 aliphatic carbocycles. The van der Waals surface area contributed by atoms with Crippen molar-refractivity contribution in [3.8, 4) is 0 Å². The van der Waals surface area contributed by atoms with Gasteiger partial charge in [-0.25, -0.2) is 9.78 Å². The van der Waals surface area contributed by atoms with E-state index >= 15 is 0 Å². The van der Waals surface area contributed by atoms with Gasteiger partial charge >= 0.3 is 6.03 Å². The zero-order chi connectivity index (χ0) is 20.4. The molecule has 2 aromatic rings. The molecule has 0 bridgehead atoms. The first kappa shape index (κ1) is 19.7. The van der Waals surface area contributed by atoms with Crippen LogP contribution in [0.3, 0.4) is 0 Å². The van der Waals surface area contributed by atoms with Crippen LogP contribution in [0.5, 0.6) is 0 Å². The van der Waals surface area contributed by atoms with Crippen LogP contribution in [0.25, 0.3) is 11.0 Å². The highest BCUT2D eigenvalue weighted by Crippen LogP contribution is 2.27. The van der Waals surface area contributed by atoms with Crippen molar-refractivity contribution in [2.75, 3.05) is 11.4 Å². The highest BCUT2D eigenvalue weighted by atomic mass is 16.4. The van der Waals surface area contributed by atoms with Crippen molar-refractivity contribution in [2.24, 2.45) is 5.92 Å². The molecule has 1 aliphatic rings. The van der Waals surface area contributed by atoms with Crippen molar-refractivity contribution < 1.29 is 19.5 Å². The molecule has 1 aromatic heterocycles. The van der Waals surface area contributed by atoms with Gasteiger partial charge in [-0.1, -0.05) is 26.0 Å². The lowest BCUT2D eigenvalue weighted by Crippen LogP contribution is -2.55. The van der Waals surface area contributed by atoms with E-state index in [4.69, 9.17) is 0 Å². The Morgan fingerprint density at radius 2 is 1.86 bits per heavy atom. The zero-order valence-corrected chi connectivity index (χ0v) is 16.1. The minimum absolute atomic E-state index is 0.123. The van der Waals surface area contributed by atoms with Crippen LogP contribution in [-0.2, 0) is 16.1 Å². The number of hydrogen-bond acceptors (Lipinski definition) is 5. The number of nitrogens with zero attached hydrogens (tertiary/aromatic N) is 3. The Morgan fingerprint density at radius 3 is 2.54 bits per heavy atom. The molecule has 9 heteroatoms. The summed E-state index contributed by atoms with van der Waals surface area (Å²) in [5.74, 6) is -1.27. The highest BCUT2D eigenvalue weighted by Gasteiger charge is 2.31. The largest absolute Gasteiger partial charge is 0.548 e. The number of benzene rings is 1. The van der Waals surface area contributed by atoms with Gasteiger partial charge in [-0.2, -0.15) is 0 Å². The summed E-state index contributed by atoms with van der Waals surface area (Å²) in [4.78, 5) is 42.3. The van der Waals surface area contributed by atoms with Gasteiger partial charge in [0.15, 0.2) is 0 Å². The fraction of sp³-hybridized carbons (Fsp3) is 0.474. The number of aliphatic carboxylic acids is 1. The Morgan fingerprint density at radius 1 is 1.14 bits per heavy atom. The third kappa shape index (κ3) is 3.92. The lowest BCUT2D eigenvalue weighted by molar-refractivity contribution is -0.307. The number of carbonyl (C=O) groups excluding carboxylic acids is 3. The molecule has 0 saturated heterocycles. The Labute approximate surface area is 162 Å². The van der Waals surface area contributed by atoms with Crippen molar-refractivity contribution >= 4 is 34.9 Å². The van der Waals surface area contributed by atoms with E-state index in [9.17, 15) is 19.5 Å². The number of carboxylic acids is 1. The molecular formula is C19H24N5O4-. The van der Waals surface area contributed by atoms with Gasteiger partial charge in [0.2, 0.25) is 11.9 Å². The molecule has 3 rings (SSSR count). The number of rotatable bonds is 6. The quantitative estimate of drug-likeness (QED) is 0.737. The van der Waals surface area contributed by atoms with Crippen LogP contribution in [0.1, 0.15) is 27.2 Å². The Hall–Kier alpha value is -3.10. The van der Waals surface area contributed by atoms with E-state index in [-0.39, 0.29) is 5.92 Å². The molecule has 2 atom stereocenters. The minimum atomic E-state index is -1.38. The molecule has 0 radical (unpaired) electrons. The number of carbonyl (C=O) groups is 3. The third-order valence-corrected chi connectivity index (χ3v) is 4.70. The third-order valence-electron chi connectivity index (χ3n) is 4.70. The van der Waals surface area contributed by atoms with Gasteiger partial charge in [0, 0.05) is 13.1 Å². The molecule has 1 aliphatic heterocycles. The Kier molecular flexibility index (Phi) is 5.53. The Bertz CT molecular complexity index is 907. The first-order valence-electron chi connectivity index (χ1n) is 9.32. The normalized spacial score (nSPS) is 15.4. The molecule has 1 aromatic carbocycles. The van der Waals surface area contributed by atoms with Crippen LogP contribution in [0.15, 0.2) is 24.3 Å². The first-order valence-corrected chi connectivity index (χ1v) is 9.32. The van der Waals surface area contributed by atoms with Gasteiger partial charge in [0.1, 0.15) is 6.04 Å². The fourth-order valence-corrected chi connectivity index (χ4v) is 3.28. The molecule has 0 spiro atoms. The molecule has 0 fully saturated rings. The number of hydrogen-bond donors (Lipinski definition) is 2. The van der Waals surface area contributed by atoms with Crippen LogP contribution in [-0.4, -0.2) is 46.1 Å². The van der Waals surface area contributed by atoms with Crippen LogP contribution >= 0.6 is 0 Å². The van der Waals surface area contributed by atoms with E-state index in [1.165, 1.54) is 11.8 Å². The van der Waals surface area contributed by atoms with Crippen molar-refractivity contribution in [1.82, 2.24) is 20.2 Å². The van der Waals surface area contributed by atoms with Crippen LogP contribution in [0.4, 0.5) is 10.7 Å². The number of urea groups is 1. The van der Waals surface area contributed by atoms with Crippen molar-refractivity contribution in [3.05, 3.63) is 24.3 Å². The number of aromatic nitrogens is 2. The summed E-state index contributed by atoms with van der Waals surface area (Å²) in [7, 11) is 0. The maximum atomic E-state index is 12.9. The minimum Gasteiger partial charge on any atom is -0.548 e. The number of nitrogens with one attached hydrogen (secondary N) is 2. The van der Waals surface area contributed by atoms with Gasteiger partial charge in [0.25, 0.3) is 0 Å². The maximum Gasteiger partial charge on any atom is 0.324 e. The molecule has 150 valence electrons. The molecule has 2 N–H and O–H groups in total. The summed E-state index contributed by atoms with van der Waals surface area (Å²) in [5.41, 5.74) is 1.75. The summed E-state index contributed by atoms with van der Waals surface area (Å²) in [6.07, 6.45) is 0.377. The SMILES string of the molecule is CC(C)C[C@H](NC(=O)N1CCn2c1nc1ccccc12)C(=O)N[C@@H](C)C(=O)[O-]. The first-order chi connectivity index (χ1) is 13.3. The summed E-state index contributed by atoms with van der Waals surface area (Å²) < 4.78 is 1.96. The smallest absolute Gasteiger partial charge is 0.324 e. The number of imidazole rings is 1. The van der Waals surface area contributed by atoms with E-state index in [2.05, 4.69) is 15.6 Å². The fourth-order valence-electron chi connectivity index (χ4n) is 3.28. The average molecular weight is 386 g/mol. The van der Waals surface area contributed by atoms with Gasteiger partial charge in [-0.05, 0) is 31.4 Å². The van der Waals surface area contributed by atoms with Crippen molar-refractivity contribution in [1.29, 1.82) is 0 Å². The molecule has 9 nitrogen and oxygen atoms in total. The van der Waals surface area contributed by atoms with E-state index < -0.39 is 30.0 Å². The second-order valence-electron chi connectivity index (χ2n) is 7.38. The number of anilines is 1. The van der Waals surface area contributed by atoms with Crippen LogP contribution in [0.2, 0.25) is 0 Å². The number of fused-ring (bicyclic) bond motifs is 3. The lowest BCUT2D eigenvalue weighted by Gasteiger charge is -2.25. The molecular weight excluding hydrogens is 362 g/mol. The topological polar surface area (TPSA) is 119 Å². The number of amides is 3. The Balaban J connectivity index is 1.76. The van der Waals surface area contributed by atoms with E-state index in [1.54, 1.807) is 0 Å². The second-order valence-corrected chi connectivity index (χ2v) is 7.38. The maximum absolute atomic E-state index is 12.9. The summed E-state index contributed by atoms with van der Waals surface area (Å²) >= 11 is 0. The molecule has 0 unspecified atom stereocenters. The lowest BCUT2D eigenvalue weighted by atomic mass is 10.0. The number of para-hydroxylation sites is 2. The number of carboxylic acid groups (broad SMARTS) is 1. The second kappa shape index (κ2) is 7.87. The van der Waals surface area contributed by atoms with Gasteiger partial charge in [-0.15, -0.1) is 0 Å². The molecule has 0 saturated carbocycles. The zero-order valence-electron chi connectivity index (χ0n) is 16.1. The summed E-state index contributed by atoms with van der Waals surface area (Å²) in [6, 6.07) is 5.20. The van der Waals surface area contributed by atoms with Crippen LogP contribution < -0.4 is 20.6 Å². The van der Waals surface area contributed by atoms with E-state index in [0.29, 0.717) is 25.5 Å². The van der Waals surface area contributed by atoms with Crippen LogP contribution in [0, 0.1) is 5.92 Å². The summed E-state index contributed by atoms with van der Waals surface area (Å²) in [6.45, 7) is 6.23. The predicted molar refractivity (Wildman–Crippen MR) is 101 cm³/mol. The average Bonchev–Trinajstić information content (AvgIpc) is 3.19. The van der Waals surface area contributed by atoms with Crippen molar-refractivity contribution in [2.45, 2.75) is 45.8 Å². The molecule has 3 amide bonds. The molecule has 2 heterocycles. The van der Waals surface area contributed by atoms with E-state index in [0.717, 1.165) is 11.0 Å². The highest BCUT2D eigenvalue weighted by molar-refractivity contribution is 5.97. The molecule has 28 heavy (non-hydrogen) atoms. The summed E-state index contributed by atoms with van der Waals surface area (Å²) in [5, 5.41) is 16.0. The van der Waals surface area contributed by atoms with Crippen molar-refractivity contribution in [3.63, 3.8) is 0 Å². The monoisotopic (exact) mass is 386 g/mol. The van der Waals surface area contributed by atoms with Gasteiger partial charge in [-0.3, -0.25) is 9.69 Å². The predicted octanol–water partition coefficient (Wildman–Crippen LogP) is 0.235. The van der Waals surface area contributed by atoms with E-state index in [1.807, 2.05) is 42.7 Å². The standard InChI is InChI=1S/C19H25N5O4/c1-11(2)10-14(16(25)20-12(3)17(26)27)22-19(28)24-9-8-23-15-7-5-4-6-13(15)21-18(23)24/h4-7,11-12,14H,8-10H2,1-3H3,(H,20,25)(H,22,28)(H,26,27)/p-1/t12-,14-/m0/s1. The van der Waals surface area contributed by atoms with Gasteiger partial charge in [0.05, 0.1) is 23.0 Å².